The number of likely N-dealkylation sites (tertiary alicyclic amines) is 1. The minimum Gasteiger partial charge on any atom is -0.378 e. The fourth-order valence-corrected chi connectivity index (χ4v) is 3.56. The summed E-state index contributed by atoms with van der Waals surface area (Å²) in [5.74, 6) is 1.69. The molecule has 6 nitrogen and oxygen atoms in total. The Kier molecular flexibility index (Phi) is 5.10. The van der Waals surface area contributed by atoms with Crippen LogP contribution in [0.4, 0.5) is 5.69 Å². The number of benzene rings is 2. The lowest BCUT2D eigenvalue weighted by Gasteiger charge is -2.17. The van der Waals surface area contributed by atoms with Gasteiger partial charge in [-0.15, -0.1) is 0 Å². The lowest BCUT2D eigenvalue weighted by atomic mass is 10.0. The SMILES string of the molecule is CN(C)c1ccc(C(=O)N2CCC(Cc3noc(-c4ccccc4)n3)C2)cc1. The molecule has 1 saturated heterocycles. The smallest absolute Gasteiger partial charge is 0.257 e. The van der Waals surface area contributed by atoms with Crippen molar-refractivity contribution < 1.29 is 9.32 Å². The van der Waals surface area contributed by atoms with Gasteiger partial charge in [0.25, 0.3) is 11.8 Å². The fourth-order valence-electron chi connectivity index (χ4n) is 3.56. The number of hydrogen-bond acceptors (Lipinski definition) is 5. The van der Waals surface area contributed by atoms with Gasteiger partial charge in [-0.25, -0.2) is 0 Å². The monoisotopic (exact) mass is 376 g/mol. The Balaban J connectivity index is 1.36. The number of hydrogen-bond donors (Lipinski definition) is 0. The first-order valence-electron chi connectivity index (χ1n) is 9.55. The summed E-state index contributed by atoms with van der Waals surface area (Å²) in [7, 11) is 3.98. The Morgan fingerprint density at radius 2 is 1.89 bits per heavy atom. The zero-order valence-corrected chi connectivity index (χ0v) is 16.2. The Morgan fingerprint density at radius 3 is 2.61 bits per heavy atom. The summed E-state index contributed by atoms with van der Waals surface area (Å²) >= 11 is 0. The van der Waals surface area contributed by atoms with Crippen LogP contribution in [0.2, 0.25) is 0 Å². The highest BCUT2D eigenvalue weighted by Gasteiger charge is 2.28. The summed E-state index contributed by atoms with van der Waals surface area (Å²) in [6, 6.07) is 17.5. The van der Waals surface area contributed by atoms with Gasteiger partial charge in [0.05, 0.1) is 0 Å². The van der Waals surface area contributed by atoms with E-state index < -0.39 is 0 Å². The van der Waals surface area contributed by atoms with Crippen LogP contribution in [0.25, 0.3) is 11.5 Å². The fraction of sp³-hybridized carbons (Fsp3) is 0.318. The van der Waals surface area contributed by atoms with Crippen LogP contribution in [0.1, 0.15) is 22.6 Å². The predicted octanol–water partition coefficient (Wildman–Crippen LogP) is 3.51. The largest absolute Gasteiger partial charge is 0.378 e. The van der Waals surface area contributed by atoms with Crippen LogP contribution in [0.3, 0.4) is 0 Å². The molecule has 1 fully saturated rings. The molecule has 0 aliphatic carbocycles. The van der Waals surface area contributed by atoms with Gasteiger partial charge in [-0.3, -0.25) is 4.79 Å². The maximum atomic E-state index is 12.8. The molecule has 1 aromatic heterocycles. The van der Waals surface area contributed by atoms with Gasteiger partial charge in [0.1, 0.15) is 0 Å². The van der Waals surface area contributed by atoms with E-state index in [1.54, 1.807) is 0 Å². The van der Waals surface area contributed by atoms with Crippen molar-refractivity contribution in [1.82, 2.24) is 15.0 Å². The van der Waals surface area contributed by atoms with E-state index in [-0.39, 0.29) is 5.91 Å². The normalized spacial score (nSPS) is 16.4. The van der Waals surface area contributed by atoms with Gasteiger partial charge in [-0.1, -0.05) is 23.4 Å². The third kappa shape index (κ3) is 3.91. The molecule has 0 spiro atoms. The summed E-state index contributed by atoms with van der Waals surface area (Å²) in [6.07, 6.45) is 1.68. The van der Waals surface area contributed by atoms with Gasteiger partial charge in [0.15, 0.2) is 5.82 Å². The van der Waals surface area contributed by atoms with Crippen molar-refractivity contribution in [1.29, 1.82) is 0 Å². The number of nitrogens with zero attached hydrogens (tertiary/aromatic N) is 4. The first-order valence-corrected chi connectivity index (χ1v) is 9.55. The maximum Gasteiger partial charge on any atom is 0.257 e. The molecule has 0 bridgehead atoms. The van der Waals surface area contributed by atoms with Crippen LogP contribution in [-0.4, -0.2) is 48.1 Å². The number of rotatable bonds is 5. The Hall–Kier alpha value is -3.15. The molecule has 6 heteroatoms. The highest BCUT2D eigenvalue weighted by atomic mass is 16.5. The molecule has 1 atom stereocenters. The third-order valence-electron chi connectivity index (χ3n) is 5.16. The highest BCUT2D eigenvalue weighted by molar-refractivity contribution is 5.94. The van der Waals surface area contributed by atoms with E-state index in [1.165, 1.54) is 0 Å². The number of carbonyl (C=O) groups excluding carboxylic acids is 1. The first kappa shape index (κ1) is 18.2. The van der Waals surface area contributed by atoms with Gasteiger partial charge in [-0.2, -0.15) is 4.98 Å². The van der Waals surface area contributed by atoms with E-state index >= 15 is 0 Å². The number of aromatic nitrogens is 2. The molecular formula is C22H24N4O2. The first-order chi connectivity index (χ1) is 13.6. The molecule has 2 aromatic carbocycles. The van der Waals surface area contributed by atoms with Gasteiger partial charge in [0, 0.05) is 50.4 Å². The molecule has 144 valence electrons. The number of carbonyl (C=O) groups is 1. The predicted molar refractivity (Wildman–Crippen MR) is 108 cm³/mol. The van der Waals surface area contributed by atoms with Crippen LogP contribution in [0.5, 0.6) is 0 Å². The summed E-state index contributed by atoms with van der Waals surface area (Å²) < 4.78 is 5.39. The van der Waals surface area contributed by atoms with Crippen molar-refractivity contribution in [2.75, 3.05) is 32.1 Å². The average molecular weight is 376 g/mol. The summed E-state index contributed by atoms with van der Waals surface area (Å²) in [5, 5.41) is 4.12. The molecule has 1 aliphatic heterocycles. The van der Waals surface area contributed by atoms with E-state index in [2.05, 4.69) is 10.1 Å². The highest BCUT2D eigenvalue weighted by Crippen LogP contribution is 2.24. The van der Waals surface area contributed by atoms with Gasteiger partial charge >= 0.3 is 0 Å². The van der Waals surface area contributed by atoms with Gasteiger partial charge in [-0.05, 0) is 48.7 Å². The zero-order chi connectivity index (χ0) is 19.5. The molecule has 0 saturated carbocycles. The van der Waals surface area contributed by atoms with E-state index in [0.29, 0.717) is 17.6 Å². The van der Waals surface area contributed by atoms with Crippen molar-refractivity contribution in [3.63, 3.8) is 0 Å². The van der Waals surface area contributed by atoms with E-state index in [4.69, 9.17) is 4.52 Å². The van der Waals surface area contributed by atoms with E-state index in [1.807, 2.05) is 78.5 Å². The molecule has 1 unspecified atom stereocenters. The standard InChI is InChI=1S/C22H24N4O2/c1-25(2)19-10-8-18(9-11-19)22(27)26-13-12-16(15-26)14-20-23-21(28-24-20)17-6-4-3-5-7-17/h3-11,16H,12-15H2,1-2H3. The number of anilines is 1. The minimum absolute atomic E-state index is 0.0888. The second-order valence-corrected chi connectivity index (χ2v) is 7.43. The lowest BCUT2D eigenvalue weighted by molar-refractivity contribution is 0.0787. The summed E-state index contributed by atoms with van der Waals surface area (Å²) in [4.78, 5) is 21.2. The molecule has 1 amide bonds. The molecule has 2 heterocycles. The van der Waals surface area contributed by atoms with Crippen LogP contribution in [-0.2, 0) is 6.42 Å². The van der Waals surface area contributed by atoms with Gasteiger partial charge in [0.2, 0.25) is 0 Å². The maximum absolute atomic E-state index is 12.8. The van der Waals surface area contributed by atoms with Crippen LogP contribution >= 0.6 is 0 Å². The lowest BCUT2D eigenvalue weighted by Crippen LogP contribution is -2.29. The quantitative estimate of drug-likeness (QED) is 0.682. The molecule has 3 aromatic rings. The van der Waals surface area contributed by atoms with E-state index in [0.717, 1.165) is 42.7 Å². The van der Waals surface area contributed by atoms with Crippen molar-refractivity contribution in [3.05, 3.63) is 66.0 Å². The second kappa shape index (κ2) is 7.84. The Bertz CT molecular complexity index is 935. The van der Waals surface area contributed by atoms with Crippen molar-refractivity contribution in [2.24, 2.45) is 5.92 Å². The average Bonchev–Trinajstić information content (AvgIpc) is 3.38. The van der Waals surface area contributed by atoms with Crippen molar-refractivity contribution in [2.45, 2.75) is 12.8 Å². The molecular weight excluding hydrogens is 352 g/mol. The van der Waals surface area contributed by atoms with Crippen LogP contribution < -0.4 is 4.90 Å². The molecule has 0 N–H and O–H groups in total. The molecule has 0 radical (unpaired) electrons. The van der Waals surface area contributed by atoms with Crippen molar-refractivity contribution >= 4 is 11.6 Å². The molecule has 4 rings (SSSR count). The number of amides is 1. The molecule has 1 aliphatic rings. The van der Waals surface area contributed by atoms with E-state index in [9.17, 15) is 4.79 Å². The Morgan fingerprint density at radius 1 is 1.14 bits per heavy atom. The zero-order valence-electron chi connectivity index (χ0n) is 16.2. The topological polar surface area (TPSA) is 62.5 Å². The van der Waals surface area contributed by atoms with Crippen LogP contribution in [0, 0.1) is 5.92 Å². The van der Waals surface area contributed by atoms with Crippen molar-refractivity contribution in [3.8, 4) is 11.5 Å². The summed E-state index contributed by atoms with van der Waals surface area (Å²) in [5.41, 5.74) is 2.74. The second-order valence-electron chi connectivity index (χ2n) is 7.43. The molecule has 28 heavy (non-hydrogen) atoms. The summed E-state index contributed by atoms with van der Waals surface area (Å²) in [6.45, 7) is 1.49. The van der Waals surface area contributed by atoms with Gasteiger partial charge < -0.3 is 14.3 Å². The third-order valence-corrected chi connectivity index (χ3v) is 5.16. The van der Waals surface area contributed by atoms with Crippen LogP contribution in [0.15, 0.2) is 59.1 Å². The minimum atomic E-state index is 0.0888. The Labute approximate surface area is 164 Å².